The SMILES string of the molecule is CC(C)=C1C(=O)N([Si](C)(C)C(C)(C)C)[C@@H]1CC(O[SiH](C)C)C(C)(C)C. The maximum Gasteiger partial charge on any atom is 0.244 e. The molecule has 0 aliphatic carbocycles. The van der Waals surface area contributed by atoms with E-state index in [1.54, 1.807) is 0 Å². The predicted octanol–water partition coefficient (Wildman–Crippen LogP) is 5.34. The highest BCUT2D eigenvalue weighted by atomic mass is 28.3. The topological polar surface area (TPSA) is 29.5 Å². The van der Waals surface area contributed by atoms with Gasteiger partial charge in [0.25, 0.3) is 0 Å². The summed E-state index contributed by atoms with van der Waals surface area (Å²) in [5.74, 6) is 0.269. The highest BCUT2D eigenvalue weighted by Crippen LogP contribution is 2.47. The van der Waals surface area contributed by atoms with E-state index >= 15 is 0 Å². The second-order valence-corrected chi connectivity index (χ2v) is 18.2. The number of β-lactam (4-membered cyclic amide) rings is 1. The molecule has 1 rings (SSSR count). The molecule has 0 aromatic heterocycles. The molecule has 146 valence electrons. The van der Waals surface area contributed by atoms with E-state index in [0.717, 1.165) is 12.0 Å². The summed E-state index contributed by atoms with van der Waals surface area (Å²) in [6.45, 7) is 26.9. The van der Waals surface area contributed by atoms with Crippen LogP contribution in [0.1, 0.15) is 61.8 Å². The highest BCUT2D eigenvalue weighted by Gasteiger charge is 2.55. The van der Waals surface area contributed by atoms with Crippen LogP contribution in [-0.2, 0) is 9.22 Å². The molecule has 1 aliphatic heterocycles. The van der Waals surface area contributed by atoms with Gasteiger partial charge in [0, 0.05) is 5.57 Å². The molecule has 1 fully saturated rings. The van der Waals surface area contributed by atoms with Gasteiger partial charge in [0.05, 0.1) is 12.1 Å². The first-order valence-electron chi connectivity index (χ1n) is 9.68. The van der Waals surface area contributed by atoms with Crippen LogP contribution < -0.4 is 0 Å². The smallest absolute Gasteiger partial charge is 0.244 e. The van der Waals surface area contributed by atoms with Crippen LogP contribution in [0.3, 0.4) is 0 Å². The van der Waals surface area contributed by atoms with Gasteiger partial charge in [-0.05, 0) is 43.8 Å². The molecule has 0 radical (unpaired) electrons. The van der Waals surface area contributed by atoms with Gasteiger partial charge in [-0.3, -0.25) is 4.79 Å². The zero-order valence-corrected chi connectivity index (χ0v) is 20.9. The summed E-state index contributed by atoms with van der Waals surface area (Å²) in [4.78, 5) is 13.0. The Labute approximate surface area is 159 Å². The minimum Gasteiger partial charge on any atom is -0.417 e. The number of rotatable bonds is 5. The molecule has 1 unspecified atom stereocenters. The lowest BCUT2D eigenvalue weighted by atomic mass is 9.81. The van der Waals surface area contributed by atoms with E-state index in [-0.39, 0.29) is 28.5 Å². The average molecular weight is 384 g/mol. The molecule has 5 heteroatoms. The van der Waals surface area contributed by atoms with Gasteiger partial charge in [0.1, 0.15) is 0 Å². The molecule has 1 amide bonds. The highest BCUT2D eigenvalue weighted by molar-refractivity contribution is 6.80. The van der Waals surface area contributed by atoms with Crippen LogP contribution >= 0.6 is 0 Å². The van der Waals surface area contributed by atoms with E-state index in [2.05, 4.69) is 86.1 Å². The number of carbonyl (C=O) groups is 1. The lowest BCUT2D eigenvalue weighted by molar-refractivity contribution is -0.132. The Hall–Kier alpha value is -0.396. The van der Waals surface area contributed by atoms with Crippen LogP contribution in [0.5, 0.6) is 0 Å². The van der Waals surface area contributed by atoms with E-state index in [4.69, 9.17) is 4.43 Å². The molecule has 1 aliphatic rings. The number of amides is 1. The zero-order valence-electron chi connectivity index (χ0n) is 18.7. The minimum absolute atomic E-state index is 0.0851. The Morgan fingerprint density at radius 3 is 1.96 bits per heavy atom. The van der Waals surface area contributed by atoms with E-state index in [0.29, 0.717) is 0 Å². The fourth-order valence-electron chi connectivity index (χ4n) is 3.40. The first kappa shape index (κ1) is 22.6. The van der Waals surface area contributed by atoms with Crippen molar-refractivity contribution in [2.75, 3.05) is 0 Å². The Morgan fingerprint density at radius 2 is 1.64 bits per heavy atom. The molecular formula is C20H41NO2Si2. The van der Waals surface area contributed by atoms with Crippen molar-refractivity contribution in [3.8, 4) is 0 Å². The summed E-state index contributed by atoms with van der Waals surface area (Å²) < 4.78 is 8.69. The van der Waals surface area contributed by atoms with Gasteiger partial charge < -0.3 is 8.99 Å². The average Bonchev–Trinajstić information content (AvgIpc) is 2.32. The van der Waals surface area contributed by atoms with E-state index in [1.807, 2.05) is 0 Å². The molecule has 0 saturated carbocycles. The Kier molecular flexibility index (Phi) is 6.63. The van der Waals surface area contributed by atoms with Crippen molar-refractivity contribution in [3.05, 3.63) is 11.1 Å². The zero-order chi connectivity index (χ0) is 20.0. The van der Waals surface area contributed by atoms with Crippen LogP contribution in [0.2, 0.25) is 31.2 Å². The predicted molar refractivity (Wildman–Crippen MR) is 114 cm³/mol. The molecule has 3 nitrogen and oxygen atoms in total. The van der Waals surface area contributed by atoms with Gasteiger partial charge in [0.2, 0.25) is 5.91 Å². The van der Waals surface area contributed by atoms with Crippen LogP contribution in [0, 0.1) is 5.41 Å². The molecule has 1 saturated heterocycles. The summed E-state index contributed by atoms with van der Waals surface area (Å²) in [6.07, 6.45) is 1.12. The van der Waals surface area contributed by atoms with E-state index in [1.165, 1.54) is 5.57 Å². The first-order valence-corrected chi connectivity index (χ1v) is 15.4. The molecular weight excluding hydrogens is 342 g/mol. The Morgan fingerprint density at radius 1 is 1.16 bits per heavy atom. The molecule has 1 heterocycles. The molecule has 0 N–H and O–H groups in total. The number of hydrogen-bond donors (Lipinski definition) is 0. The van der Waals surface area contributed by atoms with Crippen LogP contribution in [-0.4, -0.2) is 39.9 Å². The third kappa shape index (κ3) is 4.66. The van der Waals surface area contributed by atoms with Crippen molar-refractivity contribution >= 4 is 23.2 Å². The maximum atomic E-state index is 13.0. The lowest BCUT2D eigenvalue weighted by Crippen LogP contribution is -2.70. The number of allylic oxidation sites excluding steroid dienone is 1. The molecule has 0 aromatic carbocycles. The van der Waals surface area contributed by atoms with Gasteiger partial charge >= 0.3 is 0 Å². The number of hydrogen-bond acceptors (Lipinski definition) is 2. The Bertz CT molecular complexity index is 535. The summed E-state index contributed by atoms with van der Waals surface area (Å²) in [6, 6.07) is 0.218. The van der Waals surface area contributed by atoms with Gasteiger partial charge in [-0.1, -0.05) is 60.2 Å². The van der Waals surface area contributed by atoms with Crippen molar-refractivity contribution < 1.29 is 9.22 Å². The largest absolute Gasteiger partial charge is 0.417 e. The number of nitrogens with zero attached hydrogens (tertiary/aromatic N) is 1. The third-order valence-corrected chi connectivity index (χ3v) is 12.2. The van der Waals surface area contributed by atoms with Crippen LogP contribution in [0.15, 0.2) is 11.1 Å². The normalized spacial score (nSPS) is 20.8. The minimum atomic E-state index is -1.90. The Balaban J connectivity index is 3.26. The lowest BCUT2D eigenvalue weighted by Gasteiger charge is -2.57. The van der Waals surface area contributed by atoms with Gasteiger partial charge in [-0.25, -0.2) is 0 Å². The quantitative estimate of drug-likeness (QED) is 0.364. The summed E-state index contributed by atoms with van der Waals surface area (Å²) in [7, 11) is -3.03. The van der Waals surface area contributed by atoms with Crippen LogP contribution in [0.4, 0.5) is 0 Å². The van der Waals surface area contributed by atoms with Crippen molar-refractivity contribution in [2.45, 2.75) is 105 Å². The first-order chi connectivity index (χ1) is 11.0. The van der Waals surface area contributed by atoms with E-state index < -0.39 is 17.3 Å². The van der Waals surface area contributed by atoms with Crippen molar-refractivity contribution in [3.63, 3.8) is 0 Å². The van der Waals surface area contributed by atoms with Crippen molar-refractivity contribution in [2.24, 2.45) is 5.41 Å². The number of carbonyl (C=O) groups excluding carboxylic acids is 1. The maximum absolute atomic E-state index is 13.0. The second-order valence-electron chi connectivity index (χ2n) is 10.7. The van der Waals surface area contributed by atoms with Crippen LogP contribution in [0.25, 0.3) is 0 Å². The molecule has 2 atom stereocenters. The summed E-state index contributed by atoms with van der Waals surface area (Å²) in [5, 5.41) is 0.152. The van der Waals surface area contributed by atoms with Gasteiger partial charge in [-0.15, -0.1) is 0 Å². The monoisotopic (exact) mass is 383 g/mol. The summed E-state index contributed by atoms with van der Waals surface area (Å²) in [5.41, 5.74) is 2.29. The third-order valence-electron chi connectivity index (χ3n) is 5.91. The van der Waals surface area contributed by atoms with E-state index in [9.17, 15) is 4.79 Å². The molecule has 0 bridgehead atoms. The fourth-order valence-corrected chi connectivity index (χ4v) is 6.94. The van der Waals surface area contributed by atoms with Gasteiger partial charge in [0.15, 0.2) is 17.3 Å². The second kappa shape index (κ2) is 7.31. The molecule has 0 aromatic rings. The van der Waals surface area contributed by atoms with Crippen molar-refractivity contribution in [1.82, 2.24) is 4.57 Å². The molecule has 25 heavy (non-hydrogen) atoms. The molecule has 0 spiro atoms. The standard InChI is InChI=1S/C20H41NO2Si2/c1-14(2)17-15(13-16(19(3,4)5)23-24(9)10)21(18(17)22)25(11,12)20(6,7)8/h15-16,24H,13H2,1-12H3/t15-,16?/m1/s1. The van der Waals surface area contributed by atoms with Gasteiger partial charge in [-0.2, -0.15) is 0 Å². The summed E-state index contributed by atoms with van der Waals surface area (Å²) >= 11 is 0. The fraction of sp³-hybridized carbons (Fsp3) is 0.850. The van der Waals surface area contributed by atoms with Crippen molar-refractivity contribution in [1.29, 1.82) is 0 Å².